The van der Waals surface area contributed by atoms with Crippen molar-refractivity contribution in [1.82, 2.24) is 4.90 Å². The number of benzene rings is 1. The van der Waals surface area contributed by atoms with E-state index in [1.165, 1.54) is 18.2 Å². The Morgan fingerprint density at radius 2 is 2.16 bits per heavy atom. The van der Waals surface area contributed by atoms with Crippen molar-refractivity contribution in [1.29, 1.82) is 0 Å². The second kappa shape index (κ2) is 5.17. The van der Waals surface area contributed by atoms with Crippen molar-refractivity contribution < 1.29 is 9.72 Å². The number of carbonyl (C=O) groups is 1. The number of nitrogens with zero attached hydrogens (tertiary/aromatic N) is 2. The van der Waals surface area contributed by atoms with Gasteiger partial charge in [-0.05, 0) is 31.4 Å². The van der Waals surface area contributed by atoms with E-state index in [0.29, 0.717) is 18.0 Å². The molecule has 0 saturated carbocycles. The van der Waals surface area contributed by atoms with Gasteiger partial charge in [-0.2, -0.15) is 0 Å². The summed E-state index contributed by atoms with van der Waals surface area (Å²) in [4.78, 5) is 24.2. The lowest BCUT2D eigenvalue weighted by Gasteiger charge is -2.21. The summed E-state index contributed by atoms with van der Waals surface area (Å²) in [5.41, 5.74) is 0.220. The molecule has 0 bridgehead atoms. The summed E-state index contributed by atoms with van der Waals surface area (Å²) in [5, 5.41) is 10.7. The van der Waals surface area contributed by atoms with Crippen LogP contribution in [0.4, 0.5) is 5.69 Å². The maximum absolute atomic E-state index is 12.3. The van der Waals surface area contributed by atoms with Crippen LogP contribution in [-0.4, -0.2) is 28.3 Å². The minimum absolute atomic E-state index is 0.00394. The van der Waals surface area contributed by atoms with Crippen molar-refractivity contribution in [3.63, 3.8) is 0 Å². The van der Waals surface area contributed by atoms with Gasteiger partial charge >= 0.3 is 0 Å². The van der Waals surface area contributed by atoms with Crippen molar-refractivity contribution in [2.24, 2.45) is 5.92 Å². The van der Waals surface area contributed by atoms with E-state index in [-0.39, 0.29) is 22.7 Å². The smallest absolute Gasteiger partial charge is 0.287 e. The number of amides is 1. The van der Waals surface area contributed by atoms with Crippen LogP contribution < -0.4 is 0 Å². The van der Waals surface area contributed by atoms with Gasteiger partial charge in [0.2, 0.25) is 0 Å². The number of hydrogen-bond acceptors (Lipinski definition) is 3. The molecule has 5 nitrogen and oxygen atoms in total. The SMILES string of the molecule is CC1CC(C)N(C(=O)c2ccc([N+](=O)[O-])c(Cl)c2)C1. The van der Waals surface area contributed by atoms with Crippen LogP contribution in [0, 0.1) is 16.0 Å². The quantitative estimate of drug-likeness (QED) is 0.618. The molecule has 102 valence electrons. The van der Waals surface area contributed by atoms with Gasteiger partial charge in [0.25, 0.3) is 11.6 Å². The lowest BCUT2D eigenvalue weighted by molar-refractivity contribution is -0.384. The number of rotatable bonds is 2. The minimum atomic E-state index is -0.558. The fraction of sp³-hybridized carbons (Fsp3) is 0.462. The van der Waals surface area contributed by atoms with Crippen LogP contribution in [0.15, 0.2) is 18.2 Å². The molecule has 0 aliphatic carbocycles. The monoisotopic (exact) mass is 282 g/mol. The van der Waals surface area contributed by atoms with Crippen LogP contribution in [-0.2, 0) is 0 Å². The largest absolute Gasteiger partial charge is 0.336 e. The normalized spacial score (nSPS) is 22.6. The Balaban J connectivity index is 2.25. The van der Waals surface area contributed by atoms with Gasteiger partial charge in [-0.15, -0.1) is 0 Å². The van der Waals surface area contributed by atoms with E-state index in [9.17, 15) is 14.9 Å². The maximum atomic E-state index is 12.3. The van der Waals surface area contributed by atoms with Gasteiger partial charge in [0.1, 0.15) is 5.02 Å². The molecular formula is C13H15ClN2O3. The highest BCUT2D eigenvalue weighted by Gasteiger charge is 2.31. The second-order valence-electron chi connectivity index (χ2n) is 5.07. The zero-order valence-corrected chi connectivity index (χ0v) is 11.6. The molecule has 6 heteroatoms. The molecule has 2 unspecified atom stereocenters. The van der Waals surface area contributed by atoms with Gasteiger partial charge in [0, 0.05) is 24.2 Å². The molecule has 2 rings (SSSR count). The van der Waals surface area contributed by atoms with Gasteiger partial charge in [-0.1, -0.05) is 18.5 Å². The molecule has 1 amide bonds. The van der Waals surface area contributed by atoms with Gasteiger partial charge in [-0.3, -0.25) is 14.9 Å². The number of carbonyl (C=O) groups excluding carboxylic acids is 1. The van der Waals surface area contributed by atoms with E-state index in [2.05, 4.69) is 6.92 Å². The molecule has 1 aromatic rings. The zero-order chi connectivity index (χ0) is 14.2. The van der Waals surface area contributed by atoms with Gasteiger partial charge < -0.3 is 4.90 Å². The van der Waals surface area contributed by atoms with Crippen LogP contribution in [0.25, 0.3) is 0 Å². The highest BCUT2D eigenvalue weighted by molar-refractivity contribution is 6.33. The summed E-state index contributed by atoms with van der Waals surface area (Å²) in [6.45, 7) is 4.83. The van der Waals surface area contributed by atoms with Crippen LogP contribution in [0.1, 0.15) is 30.6 Å². The van der Waals surface area contributed by atoms with E-state index in [0.717, 1.165) is 6.42 Å². The summed E-state index contributed by atoms with van der Waals surface area (Å²) in [5.74, 6) is 0.362. The summed E-state index contributed by atoms with van der Waals surface area (Å²) < 4.78 is 0. The van der Waals surface area contributed by atoms with Crippen LogP contribution in [0.5, 0.6) is 0 Å². The van der Waals surface area contributed by atoms with Crippen molar-refractivity contribution in [2.45, 2.75) is 26.3 Å². The predicted octanol–water partition coefficient (Wildman–Crippen LogP) is 3.12. The summed E-state index contributed by atoms with van der Waals surface area (Å²) in [6.07, 6.45) is 0.979. The summed E-state index contributed by atoms with van der Waals surface area (Å²) >= 11 is 5.83. The van der Waals surface area contributed by atoms with Gasteiger partial charge in [0.05, 0.1) is 4.92 Å². The third-order valence-electron chi connectivity index (χ3n) is 3.44. The Labute approximate surface area is 116 Å². The fourth-order valence-electron chi connectivity index (χ4n) is 2.54. The van der Waals surface area contributed by atoms with Crippen molar-refractivity contribution >= 4 is 23.2 Å². The molecule has 1 aliphatic heterocycles. The Kier molecular flexibility index (Phi) is 3.75. The third-order valence-corrected chi connectivity index (χ3v) is 3.74. The summed E-state index contributed by atoms with van der Waals surface area (Å²) in [6, 6.07) is 4.30. The number of nitro benzene ring substituents is 1. The first kappa shape index (κ1) is 13.8. The minimum Gasteiger partial charge on any atom is -0.336 e. The van der Waals surface area contributed by atoms with E-state index < -0.39 is 4.92 Å². The standard InChI is InChI=1S/C13H15ClN2O3/c1-8-5-9(2)15(7-8)13(17)10-3-4-12(16(18)19)11(14)6-10/h3-4,6,8-9H,5,7H2,1-2H3. The fourth-order valence-corrected chi connectivity index (χ4v) is 2.79. The predicted molar refractivity (Wildman–Crippen MR) is 72.4 cm³/mol. The highest BCUT2D eigenvalue weighted by Crippen LogP contribution is 2.28. The highest BCUT2D eigenvalue weighted by atomic mass is 35.5. The average molecular weight is 283 g/mol. The zero-order valence-electron chi connectivity index (χ0n) is 10.8. The maximum Gasteiger partial charge on any atom is 0.287 e. The molecule has 0 N–H and O–H groups in total. The lowest BCUT2D eigenvalue weighted by atomic mass is 10.1. The molecule has 1 saturated heterocycles. The lowest BCUT2D eigenvalue weighted by Crippen LogP contribution is -2.33. The number of halogens is 1. The van der Waals surface area contributed by atoms with Crippen molar-refractivity contribution in [3.05, 3.63) is 38.9 Å². The Morgan fingerprint density at radius 3 is 2.63 bits per heavy atom. The van der Waals surface area contributed by atoms with Gasteiger partial charge in [-0.25, -0.2) is 0 Å². The van der Waals surface area contributed by atoms with Crippen LogP contribution >= 0.6 is 11.6 Å². The van der Waals surface area contributed by atoms with E-state index in [1.807, 2.05) is 6.92 Å². The summed E-state index contributed by atoms with van der Waals surface area (Å²) in [7, 11) is 0. The molecule has 0 aromatic heterocycles. The molecule has 2 atom stereocenters. The Hall–Kier alpha value is -1.62. The Morgan fingerprint density at radius 1 is 1.47 bits per heavy atom. The Bertz CT molecular complexity index is 533. The first-order valence-corrected chi connectivity index (χ1v) is 6.53. The van der Waals surface area contributed by atoms with Gasteiger partial charge in [0.15, 0.2) is 0 Å². The van der Waals surface area contributed by atoms with Crippen molar-refractivity contribution in [2.75, 3.05) is 6.54 Å². The second-order valence-corrected chi connectivity index (χ2v) is 5.48. The molecule has 1 aliphatic rings. The molecule has 1 heterocycles. The molecular weight excluding hydrogens is 268 g/mol. The first-order valence-electron chi connectivity index (χ1n) is 6.15. The molecule has 1 fully saturated rings. The van der Waals surface area contributed by atoms with Crippen molar-refractivity contribution in [3.8, 4) is 0 Å². The van der Waals surface area contributed by atoms with E-state index >= 15 is 0 Å². The van der Waals surface area contributed by atoms with E-state index in [1.54, 1.807) is 4.90 Å². The number of hydrogen-bond donors (Lipinski definition) is 0. The third kappa shape index (κ3) is 2.71. The average Bonchev–Trinajstić information content (AvgIpc) is 2.67. The first-order chi connectivity index (χ1) is 8.90. The molecule has 1 aromatic carbocycles. The van der Waals surface area contributed by atoms with Crippen LogP contribution in [0.3, 0.4) is 0 Å². The number of nitro groups is 1. The molecule has 19 heavy (non-hydrogen) atoms. The van der Waals surface area contributed by atoms with E-state index in [4.69, 9.17) is 11.6 Å². The topological polar surface area (TPSA) is 63.5 Å². The number of likely N-dealkylation sites (tertiary alicyclic amines) is 1. The molecule has 0 spiro atoms. The molecule has 0 radical (unpaired) electrons. The van der Waals surface area contributed by atoms with Crippen LogP contribution in [0.2, 0.25) is 5.02 Å².